The molecule has 0 fully saturated rings. The van der Waals surface area contributed by atoms with Crippen LogP contribution in [0.3, 0.4) is 0 Å². The van der Waals surface area contributed by atoms with Gasteiger partial charge in [-0.3, -0.25) is 0 Å². The van der Waals surface area contributed by atoms with E-state index in [-0.39, 0.29) is 15.1 Å². The minimum atomic E-state index is -1.50. The number of nitrogens with zero attached hydrogens (tertiary/aromatic N) is 3. The van der Waals surface area contributed by atoms with Crippen molar-refractivity contribution in [3.63, 3.8) is 0 Å². The summed E-state index contributed by atoms with van der Waals surface area (Å²) in [5.74, 6) is 0.121. The third-order valence-corrected chi connectivity index (χ3v) is 4.71. The first-order valence-electron chi connectivity index (χ1n) is 9.57. The molecule has 0 unspecified atom stereocenters. The molecule has 0 saturated heterocycles. The average molecular weight is 559 g/mol. The van der Waals surface area contributed by atoms with Crippen LogP contribution in [0, 0.1) is 3.57 Å². The zero-order valence-corrected chi connectivity index (χ0v) is 21.1. The maximum absolute atomic E-state index is 13.0. The van der Waals surface area contributed by atoms with Crippen molar-refractivity contribution in [3.8, 4) is 17.0 Å². The molecule has 2 rings (SSSR count). The number of para-hydroxylation sites is 1. The number of methoxy groups -OCH3 is 1. The minimum absolute atomic E-state index is 0.206. The van der Waals surface area contributed by atoms with E-state index in [1.165, 1.54) is 7.11 Å². The molecule has 1 aromatic heterocycles. The van der Waals surface area contributed by atoms with Crippen molar-refractivity contribution in [3.05, 3.63) is 27.8 Å². The monoisotopic (exact) mass is 559 g/mol. The number of amides is 2. The van der Waals surface area contributed by atoms with E-state index in [0.717, 1.165) is 0 Å². The predicted molar refractivity (Wildman–Crippen MR) is 125 cm³/mol. The van der Waals surface area contributed by atoms with Gasteiger partial charge in [0.15, 0.2) is 5.82 Å². The number of anilines is 1. The molecule has 0 radical (unpaired) electrons. The topological polar surface area (TPSA) is 120 Å². The fourth-order valence-electron chi connectivity index (χ4n) is 2.59. The SMILES string of the molecule is COc1ccccc1-c1nn(C(=O)O)c(N(C(=O)OC(C)(C)C)C(=O)OC(C)(C)C)c1I. The van der Waals surface area contributed by atoms with Gasteiger partial charge in [0, 0.05) is 5.56 Å². The van der Waals surface area contributed by atoms with Crippen LogP contribution in [0.5, 0.6) is 5.75 Å². The van der Waals surface area contributed by atoms with E-state index in [4.69, 9.17) is 14.2 Å². The van der Waals surface area contributed by atoms with E-state index in [1.54, 1.807) is 65.8 Å². The highest BCUT2D eigenvalue weighted by atomic mass is 127. The van der Waals surface area contributed by atoms with Gasteiger partial charge in [0.25, 0.3) is 0 Å². The van der Waals surface area contributed by atoms with Crippen molar-refractivity contribution in [2.75, 3.05) is 12.0 Å². The van der Waals surface area contributed by atoms with Crippen molar-refractivity contribution < 1.29 is 33.7 Å². The van der Waals surface area contributed by atoms with Gasteiger partial charge < -0.3 is 19.3 Å². The molecule has 0 saturated carbocycles. The number of carbonyl (C=O) groups is 3. The summed E-state index contributed by atoms with van der Waals surface area (Å²) in [7, 11) is 1.47. The van der Waals surface area contributed by atoms with Crippen LogP contribution < -0.4 is 9.64 Å². The summed E-state index contributed by atoms with van der Waals surface area (Å²) in [4.78, 5) is 38.6. The smallest absolute Gasteiger partial charge is 0.434 e. The number of benzene rings is 1. The van der Waals surface area contributed by atoms with Gasteiger partial charge in [-0.15, -0.1) is 4.68 Å². The van der Waals surface area contributed by atoms with Crippen LogP contribution in [0.1, 0.15) is 41.5 Å². The highest BCUT2D eigenvalue weighted by molar-refractivity contribution is 14.1. The Morgan fingerprint density at radius 3 is 1.94 bits per heavy atom. The lowest BCUT2D eigenvalue weighted by molar-refractivity contribution is 0.0427. The summed E-state index contributed by atoms with van der Waals surface area (Å²) in [5.41, 5.74) is -1.23. The lowest BCUT2D eigenvalue weighted by Crippen LogP contribution is -2.45. The lowest BCUT2D eigenvalue weighted by Gasteiger charge is -2.28. The lowest BCUT2D eigenvalue weighted by atomic mass is 10.1. The summed E-state index contributed by atoms with van der Waals surface area (Å²) >= 11 is 1.83. The van der Waals surface area contributed by atoms with Gasteiger partial charge in [0.2, 0.25) is 0 Å². The summed E-state index contributed by atoms with van der Waals surface area (Å²) in [6.07, 6.45) is -3.70. The van der Waals surface area contributed by atoms with Crippen LogP contribution in [0.4, 0.5) is 20.2 Å². The Morgan fingerprint density at radius 2 is 1.50 bits per heavy atom. The Hall–Kier alpha value is -2.83. The van der Waals surface area contributed by atoms with Crippen molar-refractivity contribution in [1.82, 2.24) is 9.78 Å². The molecule has 0 bridgehead atoms. The number of aromatic nitrogens is 2. The van der Waals surface area contributed by atoms with Gasteiger partial charge in [-0.05, 0) is 76.3 Å². The fraction of sp³-hybridized carbons (Fsp3) is 0.429. The Kier molecular flexibility index (Phi) is 7.43. The minimum Gasteiger partial charge on any atom is -0.496 e. The maximum atomic E-state index is 13.0. The molecule has 1 aromatic carbocycles. The number of carboxylic acid groups (broad SMARTS) is 1. The molecule has 0 aliphatic rings. The number of rotatable bonds is 3. The van der Waals surface area contributed by atoms with Crippen molar-refractivity contribution >= 4 is 46.7 Å². The molecule has 0 spiro atoms. The molecule has 11 heteroatoms. The molecule has 10 nitrogen and oxygen atoms in total. The standard InChI is InChI=1S/C21H26IN3O7/c1-20(2,3)31-18(28)24(19(29)32-21(4,5)6)16-14(22)15(23-25(16)17(26)27)12-10-8-9-11-13(12)30-7/h8-11H,1-7H3,(H,26,27). The molecule has 2 aromatic rings. The molecular weight excluding hydrogens is 533 g/mol. The maximum Gasteiger partial charge on any atom is 0.434 e. The summed E-state index contributed by atoms with van der Waals surface area (Å²) in [5, 5.41) is 13.9. The van der Waals surface area contributed by atoms with Crippen LogP contribution in [-0.4, -0.2) is 51.5 Å². The molecule has 32 heavy (non-hydrogen) atoms. The number of carbonyl (C=O) groups excluding carboxylic acids is 2. The first kappa shape index (κ1) is 25.4. The third kappa shape index (κ3) is 5.90. The highest BCUT2D eigenvalue weighted by Crippen LogP contribution is 2.38. The van der Waals surface area contributed by atoms with E-state index >= 15 is 0 Å². The van der Waals surface area contributed by atoms with Crippen molar-refractivity contribution in [1.29, 1.82) is 0 Å². The zero-order chi connectivity index (χ0) is 24.4. The van der Waals surface area contributed by atoms with Crippen molar-refractivity contribution in [2.24, 2.45) is 0 Å². The van der Waals surface area contributed by atoms with Gasteiger partial charge in [0.1, 0.15) is 22.6 Å². The van der Waals surface area contributed by atoms with Gasteiger partial charge in [-0.25, -0.2) is 14.4 Å². The molecule has 174 valence electrons. The van der Waals surface area contributed by atoms with Crippen LogP contribution in [-0.2, 0) is 9.47 Å². The van der Waals surface area contributed by atoms with E-state index in [1.807, 2.05) is 22.6 Å². The molecule has 2 amide bonds. The first-order valence-corrected chi connectivity index (χ1v) is 10.7. The van der Waals surface area contributed by atoms with E-state index in [0.29, 0.717) is 20.9 Å². The number of halogens is 1. The third-order valence-electron chi connectivity index (χ3n) is 3.71. The fourth-order valence-corrected chi connectivity index (χ4v) is 3.46. The number of imide groups is 1. The molecule has 1 N–H and O–H groups in total. The average Bonchev–Trinajstić information content (AvgIpc) is 2.96. The Bertz CT molecular complexity index is 1010. The summed E-state index contributed by atoms with van der Waals surface area (Å²) in [6, 6.07) is 6.85. The van der Waals surface area contributed by atoms with E-state index < -0.39 is 29.5 Å². The Balaban J connectivity index is 2.76. The normalized spacial score (nSPS) is 11.6. The Labute approximate surface area is 199 Å². The molecular formula is C21H26IN3O7. The van der Waals surface area contributed by atoms with Crippen LogP contribution in [0.15, 0.2) is 24.3 Å². The van der Waals surface area contributed by atoms with Crippen LogP contribution in [0.25, 0.3) is 11.3 Å². The van der Waals surface area contributed by atoms with E-state index in [9.17, 15) is 19.5 Å². The zero-order valence-electron chi connectivity index (χ0n) is 18.9. The summed E-state index contributed by atoms with van der Waals surface area (Å²) in [6.45, 7) is 9.74. The van der Waals surface area contributed by atoms with E-state index in [2.05, 4.69) is 5.10 Å². The van der Waals surface area contributed by atoms with Crippen LogP contribution in [0.2, 0.25) is 0 Å². The second kappa shape index (κ2) is 9.35. The van der Waals surface area contributed by atoms with Gasteiger partial charge in [0.05, 0.1) is 10.7 Å². The molecule has 0 atom stereocenters. The number of hydrogen-bond acceptors (Lipinski definition) is 7. The quantitative estimate of drug-likeness (QED) is 0.499. The second-order valence-electron chi connectivity index (χ2n) is 8.68. The van der Waals surface area contributed by atoms with Crippen molar-refractivity contribution in [2.45, 2.75) is 52.7 Å². The molecule has 0 aliphatic heterocycles. The first-order chi connectivity index (χ1) is 14.7. The van der Waals surface area contributed by atoms with Crippen LogP contribution >= 0.6 is 22.6 Å². The molecule has 0 aliphatic carbocycles. The molecule has 1 heterocycles. The number of hydrogen-bond donors (Lipinski definition) is 1. The van der Waals surface area contributed by atoms with Gasteiger partial charge >= 0.3 is 18.3 Å². The largest absolute Gasteiger partial charge is 0.496 e. The second-order valence-corrected chi connectivity index (χ2v) is 9.76. The van der Waals surface area contributed by atoms with Gasteiger partial charge in [-0.1, -0.05) is 12.1 Å². The predicted octanol–water partition coefficient (Wildman–Crippen LogP) is 5.37. The van der Waals surface area contributed by atoms with Gasteiger partial charge in [-0.2, -0.15) is 10.00 Å². The highest BCUT2D eigenvalue weighted by Gasteiger charge is 2.39. The summed E-state index contributed by atoms with van der Waals surface area (Å²) < 4.78 is 16.8. The number of ether oxygens (including phenoxy) is 3. The Morgan fingerprint density at radius 1 is 1.00 bits per heavy atom.